The Balaban J connectivity index is 1.98. The number of methoxy groups -OCH3 is 1. The standard InChI is InChI=1S/C20H31N3O3/c1-15(2)12-18(24)17-6-5-9-23(14-17)20(25)16-7-8-19(21-13-16)22(3)10-11-26-4/h7-8,13,15,17H,5-6,9-12,14H2,1-4H3. The number of piperidine rings is 1. The van der Waals surface area contributed by atoms with E-state index in [-0.39, 0.29) is 17.6 Å². The van der Waals surface area contributed by atoms with E-state index in [0.717, 1.165) is 25.2 Å². The van der Waals surface area contributed by atoms with Crippen molar-refractivity contribution in [2.75, 3.05) is 45.3 Å². The lowest BCUT2D eigenvalue weighted by molar-refractivity contribution is -0.124. The summed E-state index contributed by atoms with van der Waals surface area (Å²) in [4.78, 5) is 33.3. The number of aromatic nitrogens is 1. The largest absolute Gasteiger partial charge is 0.383 e. The maximum atomic E-state index is 12.8. The molecule has 1 aliphatic rings. The number of carbonyl (C=O) groups excluding carboxylic acids is 2. The molecule has 1 aliphatic heterocycles. The highest BCUT2D eigenvalue weighted by atomic mass is 16.5. The molecule has 2 rings (SSSR count). The van der Waals surface area contributed by atoms with Gasteiger partial charge in [0.1, 0.15) is 11.6 Å². The fourth-order valence-electron chi connectivity index (χ4n) is 3.26. The minimum Gasteiger partial charge on any atom is -0.383 e. The van der Waals surface area contributed by atoms with Gasteiger partial charge in [-0.05, 0) is 30.9 Å². The Morgan fingerprint density at radius 3 is 2.77 bits per heavy atom. The fourth-order valence-corrected chi connectivity index (χ4v) is 3.26. The number of nitrogens with zero attached hydrogens (tertiary/aromatic N) is 3. The number of likely N-dealkylation sites (tertiary alicyclic amines) is 1. The van der Waals surface area contributed by atoms with Crippen LogP contribution in [0.2, 0.25) is 0 Å². The monoisotopic (exact) mass is 361 g/mol. The maximum Gasteiger partial charge on any atom is 0.255 e. The molecule has 0 radical (unpaired) electrons. The van der Waals surface area contributed by atoms with E-state index < -0.39 is 0 Å². The van der Waals surface area contributed by atoms with Crippen LogP contribution in [0.25, 0.3) is 0 Å². The highest BCUT2D eigenvalue weighted by molar-refractivity contribution is 5.94. The molecule has 1 aromatic heterocycles. The van der Waals surface area contributed by atoms with Gasteiger partial charge in [-0.25, -0.2) is 4.98 Å². The zero-order valence-corrected chi connectivity index (χ0v) is 16.4. The number of amides is 1. The molecule has 1 atom stereocenters. The van der Waals surface area contributed by atoms with Gasteiger partial charge in [0.2, 0.25) is 0 Å². The quantitative estimate of drug-likeness (QED) is 0.712. The number of anilines is 1. The van der Waals surface area contributed by atoms with Crippen molar-refractivity contribution < 1.29 is 14.3 Å². The average molecular weight is 361 g/mol. The van der Waals surface area contributed by atoms with Crippen LogP contribution in [0.3, 0.4) is 0 Å². The lowest BCUT2D eigenvalue weighted by Crippen LogP contribution is -2.42. The molecule has 1 aromatic rings. The van der Waals surface area contributed by atoms with Crippen LogP contribution in [0.4, 0.5) is 5.82 Å². The van der Waals surface area contributed by atoms with Crippen LogP contribution in [0, 0.1) is 11.8 Å². The number of carbonyl (C=O) groups is 2. The van der Waals surface area contributed by atoms with E-state index in [0.29, 0.717) is 37.6 Å². The summed E-state index contributed by atoms with van der Waals surface area (Å²) in [5.74, 6) is 1.39. The summed E-state index contributed by atoms with van der Waals surface area (Å²) in [5, 5.41) is 0. The SMILES string of the molecule is COCCN(C)c1ccc(C(=O)N2CCCC(C(=O)CC(C)C)C2)cn1. The number of ketones is 1. The second kappa shape index (κ2) is 9.67. The summed E-state index contributed by atoms with van der Waals surface area (Å²) in [6.45, 7) is 6.71. The number of hydrogen-bond acceptors (Lipinski definition) is 5. The number of hydrogen-bond donors (Lipinski definition) is 0. The first-order valence-corrected chi connectivity index (χ1v) is 9.40. The summed E-state index contributed by atoms with van der Waals surface area (Å²) in [6.07, 6.45) is 3.99. The molecule has 2 heterocycles. The van der Waals surface area contributed by atoms with Crippen molar-refractivity contribution in [2.24, 2.45) is 11.8 Å². The third-order valence-corrected chi connectivity index (χ3v) is 4.79. The summed E-state index contributed by atoms with van der Waals surface area (Å²) in [5.41, 5.74) is 0.575. The molecule has 1 amide bonds. The van der Waals surface area contributed by atoms with Crippen molar-refractivity contribution in [1.29, 1.82) is 0 Å². The van der Waals surface area contributed by atoms with Gasteiger partial charge in [-0.3, -0.25) is 9.59 Å². The van der Waals surface area contributed by atoms with Crippen LogP contribution in [-0.2, 0) is 9.53 Å². The Kier molecular flexibility index (Phi) is 7.57. The maximum absolute atomic E-state index is 12.8. The molecule has 6 heteroatoms. The van der Waals surface area contributed by atoms with Gasteiger partial charge >= 0.3 is 0 Å². The number of Topliss-reactive ketones (excluding diaryl/α,β-unsaturated/α-hetero) is 1. The van der Waals surface area contributed by atoms with E-state index in [1.807, 2.05) is 24.1 Å². The normalized spacial score (nSPS) is 17.4. The number of pyridine rings is 1. The summed E-state index contributed by atoms with van der Waals surface area (Å²) >= 11 is 0. The highest BCUT2D eigenvalue weighted by Gasteiger charge is 2.29. The van der Waals surface area contributed by atoms with E-state index >= 15 is 0 Å². The van der Waals surface area contributed by atoms with Crippen LogP contribution < -0.4 is 4.90 Å². The predicted molar refractivity (Wildman–Crippen MR) is 102 cm³/mol. The predicted octanol–water partition coefficient (Wildman–Crippen LogP) is 2.63. The van der Waals surface area contributed by atoms with E-state index in [1.165, 1.54) is 0 Å². The molecule has 1 fully saturated rings. The second-order valence-electron chi connectivity index (χ2n) is 7.47. The minimum absolute atomic E-state index is 0.0255. The van der Waals surface area contributed by atoms with Crippen molar-refractivity contribution in [2.45, 2.75) is 33.1 Å². The first-order valence-electron chi connectivity index (χ1n) is 9.40. The molecule has 26 heavy (non-hydrogen) atoms. The van der Waals surface area contributed by atoms with Gasteiger partial charge in [0, 0.05) is 52.3 Å². The molecule has 1 saturated heterocycles. The average Bonchev–Trinajstić information content (AvgIpc) is 2.65. The van der Waals surface area contributed by atoms with Crippen LogP contribution in [0.1, 0.15) is 43.5 Å². The molecule has 1 unspecified atom stereocenters. The molecule has 0 bridgehead atoms. The summed E-state index contributed by atoms with van der Waals surface area (Å²) < 4.78 is 5.07. The lowest BCUT2D eigenvalue weighted by Gasteiger charge is -2.32. The van der Waals surface area contributed by atoms with Gasteiger partial charge in [-0.15, -0.1) is 0 Å². The summed E-state index contributed by atoms with van der Waals surface area (Å²) in [6, 6.07) is 3.67. The smallest absolute Gasteiger partial charge is 0.255 e. The zero-order chi connectivity index (χ0) is 19.1. The topological polar surface area (TPSA) is 62.7 Å². The Morgan fingerprint density at radius 1 is 1.38 bits per heavy atom. The summed E-state index contributed by atoms with van der Waals surface area (Å²) in [7, 11) is 3.61. The van der Waals surface area contributed by atoms with E-state index in [4.69, 9.17) is 4.74 Å². The van der Waals surface area contributed by atoms with Crippen LogP contribution >= 0.6 is 0 Å². The Hall–Kier alpha value is -1.95. The number of likely N-dealkylation sites (N-methyl/N-ethyl adjacent to an activating group) is 1. The van der Waals surface area contributed by atoms with Crippen LogP contribution in [-0.4, -0.2) is 62.0 Å². The van der Waals surface area contributed by atoms with Crippen LogP contribution in [0.15, 0.2) is 18.3 Å². The zero-order valence-electron chi connectivity index (χ0n) is 16.4. The third-order valence-electron chi connectivity index (χ3n) is 4.79. The van der Waals surface area contributed by atoms with Gasteiger partial charge < -0.3 is 14.5 Å². The molecule has 0 saturated carbocycles. The van der Waals surface area contributed by atoms with Crippen molar-refractivity contribution in [1.82, 2.24) is 9.88 Å². The number of rotatable bonds is 8. The third kappa shape index (κ3) is 5.53. The molecular weight excluding hydrogens is 330 g/mol. The molecule has 0 aliphatic carbocycles. The first-order chi connectivity index (χ1) is 12.4. The van der Waals surface area contributed by atoms with Gasteiger partial charge in [0.15, 0.2) is 0 Å². The molecular formula is C20H31N3O3. The van der Waals surface area contributed by atoms with E-state index in [2.05, 4.69) is 18.8 Å². The van der Waals surface area contributed by atoms with E-state index in [9.17, 15) is 9.59 Å². The van der Waals surface area contributed by atoms with Crippen molar-refractivity contribution in [3.63, 3.8) is 0 Å². The molecule has 0 spiro atoms. The molecule has 0 aromatic carbocycles. The molecule has 6 nitrogen and oxygen atoms in total. The molecule has 144 valence electrons. The first kappa shape index (κ1) is 20.4. The lowest BCUT2D eigenvalue weighted by atomic mass is 9.89. The number of ether oxygens (including phenoxy) is 1. The van der Waals surface area contributed by atoms with Crippen molar-refractivity contribution >= 4 is 17.5 Å². The Bertz CT molecular complexity index is 601. The van der Waals surface area contributed by atoms with Crippen molar-refractivity contribution in [3.8, 4) is 0 Å². The Labute approximate surface area is 156 Å². The van der Waals surface area contributed by atoms with Gasteiger partial charge in [0.05, 0.1) is 12.2 Å². The van der Waals surface area contributed by atoms with E-state index in [1.54, 1.807) is 18.2 Å². The van der Waals surface area contributed by atoms with Crippen LogP contribution in [0.5, 0.6) is 0 Å². The Morgan fingerprint density at radius 2 is 2.15 bits per heavy atom. The van der Waals surface area contributed by atoms with Gasteiger partial charge in [-0.2, -0.15) is 0 Å². The second-order valence-corrected chi connectivity index (χ2v) is 7.47. The fraction of sp³-hybridized carbons (Fsp3) is 0.650. The van der Waals surface area contributed by atoms with Crippen molar-refractivity contribution in [3.05, 3.63) is 23.9 Å². The van der Waals surface area contributed by atoms with Gasteiger partial charge in [-0.1, -0.05) is 13.8 Å². The van der Waals surface area contributed by atoms with Gasteiger partial charge in [0.25, 0.3) is 5.91 Å². The minimum atomic E-state index is -0.0364. The highest BCUT2D eigenvalue weighted by Crippen LogP contribution is 2.22. The molecule has 0 N–H and O–H groups in total.